The maximum absolute atomic E-state index is 12.1. The van der Waals surface area contributed by atoms with Crippen molar-refractivity contribution in [2.45, 2.75) is 32.7 Å². The maximum Gasteiger partial charge on any atom is 0.226 e. The van der Waals surface area contributed by atoms with E-state index < -0.39 is 5.54 Å². The van der Waals surface area contributed by atoms with Crippen LogP contribution in [0.15, 0.2) is 5.16 Å². The molecular formula is C13H24N4O2. The summed E-state index contributed by atoms with van der Waals surface area (Å²) in [5.41, 5.74) is 5.25. The van der Waals surface area contributed by atoms with E-state index in [-0.39, 0.29) is 11.8 Å². The Balaban J connectivity index is 1.90. The lowest BCUT2D eigenvalue weighted by Gasteiger charge is -2.43. The number of rotatable bonds is 3. The summed E-state index contributed by atoms with van der Waals surface area (Å²) in [6, 6.07) is 0. The number of carbonyl (C=O) groups excluding carboxylic acids is 1. The number of amides is 1. The van der Waals surface area contributed by atoms with Crippen molar-refractivity contribution in [2.75, 3.05) is 26.2 Å². The molecule has 1 saturated heterocycles. The topological polar surface area (TPSA) is 82.2 Å². The summed E-state index contributed by atoms with van der Waals surface area (Å²) in [5.74, 6) is 1.32. The lowest BCUT2D eigenvalue weighted by Crippen LogP contribution is -2.60. The second-order valence-electron chi connectivity index (χ2n) is 6.18. The molecule has 0 radical (unpaired) electrons. The molecule has 6 nitrogen and oxygen atoms in total. The first kappa shape index (κ1) is 14.1. The molecule has 19 heavy (non-hydrogen) atoms. The van der Waals surface area contributed by atoms with Crippen LogP contribution in [0.25, 0.3) is 0 Å². The third kappa shape index (κ3) is 2.68. The number of nitrogens with zero attached hydrogens (tertiary/aromatic N) is 3. The van der Waals surface area contributed by atoms with Crippen LogP contribution in [0.5, 0.6) is 0 Å². The summed E-state index contributed by atoms with van der Waals surface area (Å²) in [5, 5.41) is 11.9. The first-order valence-corrected chi connectivity index (χ1v) is 6.89. The van der Waals surface area contributed by atoms with E-state index in [1.165, 1.54) is 0 Å². The van der Waals surface area contributed by atoms with Crippen LogP contribution in [0, 0.1) is 11.8 Å². The van der Waals surface area contributed by atoms with Gasteiger partial charge in [0.25, 0.3) is 0 Å². The van der Waals surface area contributed by atoms with Crippen LogP contribution in [-0.4, -0.2) is 58.5 Å². The largest absolute Gasteiger partial charge is 0.409 e. The Labute approximate surface area is 114 Å². The molecule has 2 fully saturated rings. The molecule has 0 aromatic heterocycles. The van der Waals surface area contributed by atoms with E-state index in [1.54, 1.807) is 0 Å². The minimum absolute atomic E-state index is 0.211. The first-order valence-electron chi connectivity index (χ1n) is 6.89. The van der Waals surface area contributed by atoms with E-state index in [0.717, 1.165) is 32.6 Å². The average Bonchev–Trinajstić information content (AvgIpc) is 3.14. The molecule has 0 aromatic carbocycles. The molecule has 1 aliphatic carbocycles. The van der Waals surface area contributed by atoms with Gasteiger partial charge < -0.3 is 15.8 Å². The first-order chi connectivity index (χ1) is 8.87. The van der Waals surface area contributed by atoms with Crippen LogP contribution in [-0.2, 0) is 4.79 Å². The molecule has 0 bridgehead atoms. The van der Waals surface area contributed by atoms with Crippen LogP contribution in [0.1, 0.15) is 27.2 Å². The van der Waals surface area contributed by atoms with Gasteiger partial charge in [0.2, 0.25) is 5.91 Å². The minimum Gasteiger partial charge on any atom is -0.409 e. The van der Waals surface area contributed by atoms with Gasteiger partial charge in [0.1, 0.15) is 0 Å². The van der Waals surface area contributed by atoms with E-state index in [1.807, 2.05) is 18.7 Å². The number of hydrogen-bond acceptors (Lipinski definition) is 4. The van der Waals surface area contributed by atoms with E-state index in [0.29, 0.717) is 11.8 Å². The summed E-state index contributed by atoms with van der Waals surface area (Å²) in [7, 11) is 0. The maximum atomic E-state index is 12.1. The molecule has 2 rings (SSSR count). The van der Waals surface area contributed by atoms with Gasteiger partial charge in [0.05, 0.1) is 5.54 Å². The molecule has 3 N–H and O–H groups in total. The Morgan fingerprint density at radius 1 is 1.32 bits per heavy atom. The molecule has 2 aliphatic rings. The fourth-order valence-corrected chi connectivity index (χ4v) is 2.67. The average molecular weight is 268 g/mol. The van der Waals surface area contributed by atoms with Gasteiger partial charge in [-0.2, -0.15) is 0 Å². The van der Waals surface area contributed by atoms with Gasteiger partial charge in [-0.1, -0.05) is 12.1 Å². The summed E-state index contributed by atoms with van der Waals surface area (Å²) in [6.45, 7) is 8.96. The smallest absolute Gasteiger partial charge is 0.226 e. The lowest BCUT2D eigenvalue weighted by molar-refractivity contribution is -0.135. The standard InChI is InChI=1S/C13H24N4O2/c1-9-8-10(9)11(18)16-4-6-17(7-5-16)13(2,3)12(14)15-19/h9-10,19H,4-8H2,1-3H3,(H2,14,15). The van der Waals surface area contributed by atoms with Crippen molar-refractivity contribution >= 4 is 11.7 Å². The highest BCUT2D eigenvalue weighted by Gasteiger charge is 2.43. The van der Waals surface area contributed by atoms with Crippen molar-refractivity contribution in [1.82, 2.24) is 9.80 Å². The molecule has 1 heterocycles. The van der Waals surface area contributed by atoms with Crippen molar-refractivity contribution in [2.24, 2.45) is 22.7 Å². The normalized spacial score (nSPS) is 29.4. The second-order valence-corrected chi connectivity index (χ2v) is 6.18. The number of hydrogen-bond donors (Lipinski definition) is 2. The van der Waals surface area contributed by atoms with Crippen molar-refractivity contribution in [3.63, 3.8) is 0 Å². The molecule has 2 atom stereocenters. The Bertz CT molecular complexity index is 386. The molecule has 0 spiro atoms. The molecule has 1 aliphatic heterocycles. The number of oxime groups is 1. The van der Waals surface area contributed by atoms with Gasteiger partial charge in [-0.05, 0) is 26.2 Å². The quantitative estimate of drug-likeness (QED) is 0.334. The van der Waals surface area contributed by atoms with Gasteiger partial charge >= 0.3 is 0 Å². The van der Waals surface area contributed by atoms with Gasteiger partial charge in [-0.3, -0.25) is 9.69 Å². The Morgan fingerprint density at radius 3 is 2.26 bits per heavy atom. The van der Waals surface area contributed by atoms with E-state index in [4.69, 9.17) is 10.9 Å². The van der Waals surface area contributed by atoms with Crippen molar-refractivity contribution < 1.29 is 10.0 Å². The van der Waals surface area contributed by atoms with Gasteiger partial charge in [0, 0.05) is 32.1 Å². The third-order valence-electron chi connectivity index (χ3n) is 4.54. The molecular weight excluding hydrogens is 244 g/mol. The SMILES string of the molecule is CC1CC1C(=O)N1CCN(C(C)(C)C(N)=NO)CC1. The molecule has 2 unspecified atom stereocenters. The van der Waals surface area contributed by atoms with Crippen LogP contribution in [0.3, 0.4) is 0 Å². The number of carbonyl (C=O) groups is 1. The van der Waals surface area contributed by atoms with Crippen LogP contribution in [0.4, 0.5) is 0 Å². The lowest BCUT2D eigenvalue weighted by atomic mass is 10.00. The predicted octanol–water partition coefficient (Wildman–Crippen LogP) is 0.312. The zero-order valence-corrected chi connectivity index (χ0v) is 12.0. The van der Waals surface area contributed by atoms with Crippen LogP contribution in [0.2, 0.25) is 0 Å². The molecule has 0 aromatic rings. The fourth-order valence-electron chi connectivity index (χ4n) is 2.67. The highest BCUT2D eigenvalue weighted by atomic mass is 16.4. The molecule has 1 amide bonds. The summed E-state index contributed by atoms with van der Waals surface area (Å²) < 4.78 is 0. The zero-order valence-electron chi connectivity index (χ0n) is 12.0. The van der Waals surface area contributed by atoms with Crippen molar-refractivity contribution in [3.8, 4) is 0 Å². The van der Waals surface area contributed by atoms with Crippen LogP contribution < -0.4 is 5.73 Å². The molecule has 1 saturated carbocycles. The second kappa shape index (κ2) is 5.00. The van der Waals surface area contributed by atoms with Gasteiger partial charge in [-0.25, -0.2) is 0 Å². The Hall–Kier alpha value is -1.30. The highest BCUT2D eigenvalue weighted by Crippen LogP contribution is 2.39. The van der Waals surface area contributed by atoms with Crippen molar-refractivity contribution in [1.29, 1.82) is 0 Å². The third-order valence-corrected chi connectivity index (χ3v) is 4.54. The highest BCUT2D eigenvalue weighted by molar-refractivity contribution is 5.88. The molecule has 108 valence electrons. The molecule has 6 heteroatoms. The summed E-state index contributed by atoms with van der Waals surface area (Å²) in [6.07, 6.45) is 1.04. The predicted molar refractivity (Wildman–Crippen MR) is 72.9 cm³/mol. The number of amidine groups is 1. The zero-order chi connectivity index (χ0) is 14.2. The van der Waals surface area contributed by atoms with E-state index >= 15 is 0 Å². The van der Waals surface area contributed by atoms with Crippen LogP contribution >= 0.6 is 0 Å². The van der Waals surface area contributed by atoms with Crippen molar-refractivity contribution in [3.05, 3.63) is 0 Å². The minimum atomic E-state index is -0.475. The number of nitrogens with two attached hydrogens (primary N) is 1. The van der Waals surface area contributed by atoms with E-state index in [2.05, 4.69) is 17.0 Å². The Kier molecular flexibility index (Phi) is 3.71. The Morgan fingerprint density at radius 2 is 1.84 bits per heavy atom. The monoisotopic (exact) mass is 268 g/mol. The van der Waals surface area contributed by atoms with Gasteiger partial charge in [-0.15, -0.1) is 0 Å². The fraction of sp³-hybridized carbons (Fsp3) is 0.846. The van der Waals surface area contributed by atoms with E-state index in [9.17, 15) is 4.79 Å². The number of piperazine rings is 1. The van der Waals surface area contributed by atoms with Gasteiger partial charge in [0.15, 0.2) is 5.84 Å². The summed E-state index contributed by atoms with van der Waals surface area (Å²) in [4.78, 5) is 16.2. The summed E-state index contributed by atoms with van der Waals surface area (Å²) >= 11 is 0.